The van der Waals surface area contributed by atoms with Crippen LogP contribution >= 0.6 is 0 Å². The number of rotatable bonds is 2. The van der Waals surface area contributed by atoms with Crippen molar-refractivity contribution in [3.8, 4) is 0 Å². The van der Waals surface area contributed by atoms with Crippen LogP contribution in [0.2, 0.25) is 0 Å². The van der Waals surface area contributed by atoms with E-state index >= 15 is 0 Å². The molecule has 104 valence electrons. The largest absolute Gasteiger partial charge is 0.371 e. The average Bonchev–Trinajstić information content (AvgIpc) is 2.49. The fourth-order valence-electron chi connectivity index (χ4n) is 3.23. The van der Waals surface area contributed by atoms with Crippen molar-refractivity contribution in [3.05, 3.63) is 24.5 Å². The van der Waals surface area contributed by atoms with Crippen LogP contribution in [0.5, 0.6) is 0 Å². The summed E-state index contributed by atoms with van der Waals surface area (Å²) in [4.78, 5) is 11.7. The molecule has 0 radical (unpaired) electrons. The third-order valence-corrected chi connectivity index (χ3v) is 4.55. The van der Waals surface area contributed by atoms with Crippen LogP contribution in [0.3, 0.4) is 0 Å². The molecule has 4 nitrogen and oxygen atoms in total. The highest BCUT2D eigenvalue weighted by Gasteiger charge is 2.26. The molecule has 1 aromatic heterocycles. The topological polar surface area (TPSA) is 22.6 Å². The molecule has 0 amide bonds. The molecule has 2 fully saturated rings. The van der Waals surface area contributed by atoms with E-state index < -0.39 is 0 Å². The molecule has 0 aromatic carbocycles. The van der Waals surface area contributed by atoms with Crippen molar-refractivity contribution in [2.45, 2.75) is 18.9 Å². The lowest BCUT2D eigenvalue weighted by atomic mass is 10.0. The fourth-order valence-corrected chi connectivity index (χ4v) is 3.23. The van der Waals surface area contributed by atoms with Gasteiger partial charge in [0.2, 0.25) is 0 Å². The summed E-state index contributed by atoms with van der Waals surface area (Å²) in [6.07, 6.45) is 6.38. The molecule has 0 N–H and O–H groups in total. The predicted octanol–water partition coefficient (Wildman–Crippen LogP) is 1.30. The number of nitrogens with zero attached hydrogens (tertiary/aromatic N) is 4. The van der Waals surface area contributed by atoms with Gasteiger partial charge in [-0.3, -0.25) is 9.88 Å². The van der Waals surface area contributed by atoms with Gasteiger partial charge in [-0.25, -0.2) is 0 Å². The first-order valence-electron chi connectivity index (χ1n) is 7.40. The number of hydrogen-bond acceptors (Lipinski definition) is 4. The molecule has 0 aliphatic carbocycles. The Morgan fingerprint density at radius 2 is 1.58 bits per heavy atom. The second-order valence-corrected chi connectivity index (χ2v) is 5.76. The van der Waals surface area contributed by atoms with E-state index in [-0.39, 0.29) is 0 Å². The van der Waals surface area contributed by atoms with Gasteiger partial charge >= 0.3 is 0 Å². The van der Waals surface area contributed by atoms with Gasteiger partial charge in [0.1, 0.15) is 0 Å². The highest BCUT2D eigenvalue weighted by Crippen LogP contribution is 2.22. The molecule has 2 aliphatic rings. The minimum atomic E-state index is 0.798. The van der Waals surface area contributed by atoms with E-state index in [2.05, 4.69) is 38.9 Å². The van der Waals surface area contributed by atoms with Crippen LogP contribution in [0.25, 0.3) is 0 Å². The molecule has 3 rings (SSSR count). The number of likely N-dealkylation sites (N-methyl/N-ethyl adjacent to an activating group) is 1. The van der Waals surface area contributed by atoms with Crippen molar-refractivity contribution < 1.29 is 0 Å². The number of anilines is 1. The highest BCUT2D eigenvalue weighted by atomic mass is 15.3. The van der Waals surface area contributed by atoms with Crippen LogP contribution in [0.4, 0.5) is 5.69 Å². The molecule has 0 atom stereocenters. The molecule has 0 bridgehead atoms. The van der Waals surface area contributed by atoms with Crippen LogP contribution in [0.15, 0.2) is 24.5 Å². The predicted molar refractivity (Wildman–Crippen MR) is 78.5 cm³/mol. The first kappa shape index (κ1) is 12.9. The number of piperazine rings is 1. The molecule has 3 heterocycles. The third kappa shape index (κ3) is 3.07. The van der Waals surface area contributed by atoms with E-state index in [4.69, 9.17) is 0 Å². The molecule has 0 unspecified atom stereocenters. The van der Waals surface area contributed by atoms with Crippen molar-refractivity contribution in [1.82, 2.24) is 14.8 Å². The minimum Gasteiger partial charge on any atom is -0.371 e. The smallest absolute Gasteiger partial charge is 0.0397 e. The normalized spacial score (nSPS) is 23.7. The molecule has 19 heavy (non-hydrogen) atoms. The van der Waals surface area contributed by atoms with Gasteiger partial charge in [-0.05, 0) is 32.0 Å². The zero-order valence-electron chi connectivity index (χ0n) is 11.8. The van der Waals surface area contributed by atoms with Crippen molar-refractivity contribution in [1.29, 1.82) is 0 Å². The second kappa shape index (κ2) is 5.88. The second-order valence-electron chi connectivity index (χ2n) is 5.76. The van der Waals surface area contributed by atoms with Gasteiger partial charge in [-0.1, -0.05) is 0 Å². The Labute approximate surface area is 116 Å². The maximum Gasteiger partial charge on any atom is 0.0397 e. The summed E-state index contributed by atoms with van der Waals surface area (Å²) in [5, 5.41) is 0. The molecule has 0 saturated carbocycles. The first-order valence-corrected chi connectivity index (χ1v) is 7.40. The summed E-state index contributed by atoms with van der Waals surface area (Å²) in [6, 6.07) is 5.04. The SMILES string of the molecule is CN1CCN(C2CCN(c3ccncc3)CC2)CC1. The van der Waals surface area contributed by atoms with E-state index in [1.807, 2.05) is 12.4 Å². The van der Waals surface area contributed by atoms with E-state index in [1.54, 1.807) is 0 Å². The fraction of sp³-hybridized carbons (Fsp3) is 0.667. The number of aromatic nitrogens is 1. The number of pyridine rings is 1. The summed E-state index contributed by atoms with van der Waals surface area (Å²) in [6.45, 7) is 7.31. The monoisotopic (exact) mass is 260 g/mol. The van der Waals surface area contributed by atoms with Crippen LogP contribution in [-0.4, -0.2) is 67.1 Å². The molecular formula is C15H24N4. The van der Waals surface area contributed by atoms with Gasteiger partial charge in [-0.15, -0.1) is 0 Å². The van der Waals surface area contributed by atoms with Gasteiger partial charge in [0.25, 0.3) is 0 Å². The molecule has 2 aliphatic heterocycles. The van der Waals surface area contributed by atoms with Crippen molar-refractivity contribution in [2.75, 3.05) is 51.2 Å². The Morgan fingerprint density at radius 3 is 2.21 bits per heavy atom. The van der Waals surface area contributed by atoms with Gasteiger partial charge in [0.05, 0.1) is 0 Å². The summed E-state index contributed by atoms with van der Waals surface area (Å²) >= 11 is 0. The van der Waals surface area contributed by atoms with E-state index in [0.717, 1.165) is 6.04 Å². The van der Waals surface area contributed by atoms with E-state index in [0.29, 0.717) is 0 Å². The Hall–Kier alpha value is -1.13. The lowest BCUT2D eigenvalue weighted by molar-refractivity contribution is 0.0982. The minimum absolute atomic E-state index is 0.798. The zero-order chi connectivity index (χ0) is 13.1. The highest BCUT2D eigenvalue weighted by molar-refractivity contribution is 5.44. The Balaban J connectivity index is 1.52. The average molecular weight is 260 g/mol. The first-order chi connectivity index (χ1) is 9.33. The molecule has 2 saturated heterocycles. The van der Waals surface area contributed by atoms with E-state index in [9.17, 15) is 0 Å². The number of hydrogen-bond donors (Lipinski definition) is 0. The van der Waals surface area contributed by atoms with Crippen LogP contribution in [0, 0.1) is 0 Å². The summed E-state index contributed by atoms with van der Waals surface area (Å²) in [5.74, 6) is 0. The summed E-state index contributed by atoms with van der Waals surface area (Å²) in [5.41, 5.74) is 1.33. The molecule has 0 spiro atoms. The van der Waals surface area contributed by atoms with Crippen LogP contribution in [0.1, 0.15) is 12.8 Å². The standard InChI is InChI=1S/C15H24N4/c1-17-10-12-19(13-11-17)15-4-8-18(9-5-15)14-2-6-16-7-3-14/h2-3,6-7,15H,4-5,8-13H2,1H3. The zero-order valence-corrected chi connectivity index (χ0v) is 11.8. The van der Waals surface area contributed by atoms with Crippen molar-refractivity contribution in [3.63, 3.8) is 0 Å². The summed E-state index contributed by atoms with van der Waals surface area (Å²) in [7, 11) is 2.23. The lowest BCUT2D eigenvalue weighted by Gasteiger charge is -2.42. The molecule has 1 aromatic rings. The van der Waals surface area contributed by atoms with Gasteiger partial charge in [0.15, 0.2) is 0 Å². The van der Waals surface area contributed by atoms with Crippen LogP contribution in [-0.2, 0) is 0 Å². The lowest BCUT2D eigenvalue weighted by Crippen LogP contribution is -2.52. The summed E-state index contributed by atoms with van der Waals surface area (Å²) < 4.78 is 0. The maximum atomic E-state index is 4.10. The van der Waals surface area contributed by atoms with Gasteiger partial charge in [0, 0.05) is 63.4 Å². The van der Waals surface area contributed by atoms with E-state index in [1.165, 1.54) is 57.8 Å². The van der Waals surface area contributed by atoms with Gasteiger partial charge < -0.3 is 9.80 Å². The number of piperidine rings is 1. The molecular weight excluding hydrogens is 236 g/mol. The maximum absolute atomic E-state index is 4.10. The van der Waals surface area contributed by atoms with Crippen LogP contribution < -0.4 is 4.90 Å². The third-order valence-electron chi connectivity index (χ3n) is 4.55. The quantitative estimate of drug-likeness (QED) is 0.799. The Kier molecular flexibility index (Phi) is 3.99. The Morgan fingerprint density at radius 1 is 0.947 bits per heavy atom. The van der Waals surface area contributed by atoms with Gasteiger partial charge in [-0.2, -0.15) is 0 Å². The molecule has 4 heteroatoms. The van der Waals surface area contributed by atoms with Crippen molar-refractivity contribution >= 4 is 5.69 Å². The Bertz CT molecular complexity index is 378. The van der Waals surface area contributed by atoms with Crippen molar-refractivity contribution in [2.24, 2.45) is 0 Å².